The van der Waals surface area contributed by atoms with Crippen LogP contribution in [0.2, 0.25) is 0 Å². The fourth-order valence-electron chi connectivity index (χ4n) is 4.71. The molecule has 2 atom stereocenters. The van der Waals surface area contributed by atoms with Gasteiger partial charge in [-0.05, 0) is 42.7 Å². The molecule has 0 aliphatic heterocycles. The molecule has 3 aromatic heterocycles. The number of rotatable bonds is 12. The number of aromatic amines is 1. The van der Waals surface area contributed by atoms with Crippen LogP contribution in [-0.2, 0) is 37.4 Å². The Morgan fingerprint density at radius 3 is 2.72 bits per heavy atom. The number of thiazole rings is 1. The standard InChI is InChI=1S/C28H31N7O6S2/c1-4-40-27(37)23(11-17-13-30-21-8-6-5-7-20(17)21)31-26(36)25(16(2)3)35-14-18(33-34-35)15-41-19-9-10-22-24(12-19)42-28(32-22)43(29,38)39/h5-10,12-14,16,23,25,30H,4,11,15H2,1-3H3,(H,31,36)(H2,29,38,39)/t23?,25-/m0/s1. The van der Waals surface area contributed by atoms with Crippen LogP contribution in [-0.4, -0.2) is 57.9 Å². The molecule has 0 aliphatic rings. The topological polar surface area (TPSA) is 184 Å². The number of nitrogens with two attached hydrogens (primary N) is 1. The van der Waals surface area contributed by atoms with Crippen molar-refractivity contribution in [2.75, 3.05) is 6.61 Å². The van der Waals surface area contributed by atoms with Gasteiger partial charge in [-0.15, -0.1) is 16.4 Å². The highest BCUT2D eigenvalue weighted by atomic mass is 32.2. The molecular formula is C28H31N7O6S2. The molecule has 43 heavy (non-hydrogen) atoms. The zero-order valence-electron chi connectivity index (χ0n) is 23.7. The number of aromatic nitrogens is 5. The van der Waals surface area contributed by atoms with Crippen molar-refractivity contribution in [1.82, 2.24) is 30.3 Å². The molecule has 15 heteroatoms. The lowest BCUT2D eigenvalue weighted by Gasteiger charge is -2.24. The van der Waals surface area contributed by atoms with Crippen LogP contribution >= 0.6 is 11.3 Å². The van der Waals surface area contributed by atoms with E-state index in [1.807, 2.05) is 44.3 Å². The van der Waals surface area contributed by atoms with Gasteiger partial charge < -0.3 is 19.8 Å². The first-order valence-corrected chi connectivity index (χ1v) is 15.9. The lowest BCUT2D eigenvalue weighted by atomic mass is 10.0. The third-order valence-corrected chi connectivity index (χ3v) is 9.04. The van der Waals surface area contributed by atoms with E-state index in [-0.39, 0.29) is 29.9 Å². The second-order valence-corrected chi connectivity index (χ2v) is 13.0. The molecule has 0 bridgehead atoms. The van der Waals surface area contributed by atoms with E-state index in [1.165, 1.54) is 4.68 Å². The number of hydrogen-bond acceptors (Lipinski definition) is 10. The average molecular weight is 626 g/mol. The highest BCUT2D eigenvalue weighted by Crippen LogP contribution is 2.29. The quantitative estimate of drug-likeness (QED) is 0.175. The lowest BCUT2D eigenvalue weighted by molar-refractivity contribution is -0.148. The average Bonchev–Trinajstić information content (AvgIpc) is 3.70. The van der Waals surface area contributed by atoms with Crippen molar-refractivity contribution >= 4 is 54.4 Å². The Morgan fingerprint density at radius 1 is 1.19 bits per heavy atom. The van der Waals surface area contributed by atoms with Crippen LogP contribution in [0.25, 0.3) is 21.1 Å². The Labute approximate surface area is 251 Å². The first kappa shape index (κ1) is 30.1. The van der Waals surface area contributed by atoms with Crippen molar-refractivity contribution in [1.29, 1.82) is 0 Å². The maximum absolute atomic E-state index is 13.6. The van der Waals surface area contributed by atoms with Crippen LogP contribution in [0.5, 0.6) is 5.75 Å². The van der Waals surface area contributed by atoms with Gasteiger partial charge in [0.15, 0.2) is 0 Å². The first-order chi connectivity index (χ1) is 20.5. The predicted octanol–water partition coefficient (Wildman–Crippen LogP) is 3.08. The van der Waals surface area contributed by atoms with Crippen LogP contribution in [0.1, 0.15) is 38.1 Å². The number of hydrogen-bond donors (Lipinski definition) is 3. The smallest absolute Gasteiger partial charge is 0.328 e. The van der Waals surface area contributed by atoms with E-state index < -0.39 is 34.0 Å². The molecule has 0 saturated heterocycles. The van der Waals surface area contributed by atoms with Crippen LogP contribution in [0.4, 0.5) is 0 Å². The Balaban J connectivity index is 1.29. The minimum atomic E-state index is -3.90. The van der Waals surface area contributed by atoms with Gasteiger partial charge in [0, 0.05) is 23.5 Å². The lowest BCUT2D eigenvalue weighted by Crippen LogP contribution is -2.47. The van der Waals surface area contributed by atoms with Gasteiger partial charge in [0.05, 0.1) is 23.0 Å². The molecule has 0 saturated carbocycles. The Bertz CT molecular complexity index is 1880. The Hall–Kier alpha value is -4.34. The van der Waals surface area contributed by atoms with Gasteiger partial charge in [0.2, 0.25) is 10.2 Å². The Kier molecular flexibility index (Phi) is 8.75. The van der Waals surface area contributed by atoms with Gasteiger partial charge in [-0.1, -0.05) is 37.3 Å². The normalized spacial score (nSPS) is 13.3. The fourth-order valence-corrected chi connectivity index (χ4v) is 6.40. The number of carbonyl (C=O) groups excluding carboxylic acids is 2. The summed E-state index contributed by atoms with van der Waals surface area (Å²) in [6, 6.07) is 11.0. The molecule has 3 heterocycles. The van der Waals surface area contributed by atoms with E-state index in [1.54, 1.807) is 31.3 Å². The summed E-state index contributed by atoms with van der Waals surface area (Å²) in [5.74, 6) is -0.635. The SMILES string of the molecule is CCOC(=O)C(Cc1c[nH]c2ccccc12)NC(=O)[C@H](C(C)C)n1cc(COc2ccc3nc(S(N)(=O)=O)sc3c2)nn1. The molecule has 4 N–H and O–H groups in total. The van der Waals surface area contributed by atoms with Crippen LogP contribution < -0.4 is 15.2 Å². The number of primary sulfonamides is 1. The van der Waals surface area contributed by atoms with Crippen molar-refractivity contribution in [3.05, 3.63) is 66.1 Å². The number of amides is 1. The molecule has 1 unspecified atom stereocenters. The van der Waals surface area contributed by atoms with E-state index in [2.05, 4.69) is 25.6 Å². The second kappa shape index (κ2) is 12.5. The van der Waals surface area contributed by atoms with Crippen molar-refractivity contribution in [3.8, 4) is 5.75 Å². The number of sulfonamides is 1. The molecular weight excluding hydrogens is 594 g/mol. The van der Waals surface area contributed by atoms with Gasteiger partial charge in [-0.25, -0.2) is 28.0 Å². The highest BCUT2D eigenvalue weighted by Gasteiger charge is 2.31. The van der Waals surface area contributed by atoms with Crippen molar-refractivity contribution in [3.63, 3.8) is 0 Å². The summed E-state index contributed by atoms with van der Waals surface area (Å²) in [5.41, 5.74) is 2.77. The highest BCUT2D eigenvalue weighted by molar-refractivity contribution is 7.91. The maximum atomic E-state index is 13.6. The number of carbonyl (C=O) groups is 2. The molecule has 226 valence electrons. The number of fused-ring (bicyclic) bond motifs is 2. The van der Waals surface area contributed by atoms with Crippen molar-refractivity contribution in [2.45, 2.75) is 50.2 Å². The van der Waals surface area contributed by atoms with Crippen molar-refractivity contribution < 1.29 is 27.5 Å². The number of nitrogens with zero attached hydrogens (tertiary/aromatic N) is 4. The molecule has 1 amide bonds. The third kappa shape index (κ3) is 6.84. The van der Waals surface area contributed by atoms with E-state index in [9.17, 15) is 18.0 Å². The summed E-state index contributed by atoms with van der Waals surface area (Å²) in [6.07, 6.45) is 3.70. The van der Waals surface area contributed by atoms with Gasteiger partial charge in [0.1, 0.15) is 30.1 Å². The largest absolute Gasteiger partial charge is 0.487 e. The van der Waals surface area contributed by atoms with Crippen LogP contribution in [0.3, 0.4) is 0 Å². The van der Waals surface area contributed by atoms with E-state index in [4.69, 9.17) is 14.6 Å². The molecule has 13 nitrogen and oxygen atoms in total. The van der Waals surface area contributed by atoms with Gasteiger partial charge in [-0.2, -0.15) is 0 Å². The molecule has 5 aromatic rings. The number of nitrogens with one attached hydrogen (secondary N) is 2. The minimum Gasteiger partial charge on any atom is -0.487 e. The van der Waals surface area contributed by atoms with Crippen LogP contribution in [0.15, 0.2) is 59.2 Å². The summed E-state index contributed by atoms with van der Waals surface area (Å²) < 4.78 is 36.2. The van der Waals surface area contributed by atoms with E-state index in [0.717, 1.165) is 27.8 Å². The Morgan fingerprint density at radius 2 is 1.98 bits per heavy atom. The molecule has 0 aliphatic carbocycles. The van der Waals surface area contributed by atoms with E-state index >= 15 is 0 Å². The van der Waals surface area contributed by atoms with Gasteiger partial charge in [-0.3, -0.25) is 4.79 Å². The molecule has 0 radical (unpaired) electrons. The fraction of sp³-hybridized carbons (Fsp3) is 0.321. The van der Waals surface area contributed by atoms with Crippen LogP contribution in [0, 0.1) is 5.92 Å². The second-order valence-electron chi connectivity index (χ2n) is 10.2. The summed E-state index contributed by atoms with van der Waals surface area (Å²) in [6.45, 7) is 5.70. The molecule has 0 spiro atoms. The third-order valence-electron chi connectivity index (χ3n) is 6.70. The number of H-pyrrole nitrogens is 1. The minimum absolute atomic E-state index is 0.0464. The molecule has 0 fully saturated rings. The molecule has 5 rings (SSSR count). The monoisotopic (exact) mass is 625 g/mol. The summed E-state index contributed by atoms with van der Waals surface area (Å²) in [5, 5.41) is 17.4. The van der Waals surface area contributed by atoms with E-state index in [0.29, 0.717) is 21.7 Å². The van der Waals surface area contributed by atoms with Crippen molar-refractivity contribution in [2.24, 2.45) is 11.1 Å². The maximum Gasteiger partial charge on any atom is 0.328 e. The number of para-hydroxylation sites is 1. The number of benzene rings is 2. The molecule has 2 aromatic carbocycles. The predicted molar refractivity (Wildman–Crippen MR) is 160 cm³/mol. The zero-order valence-corrected chi connectivity index (χ0v) is 25.3. The zero-order chi connectivity index (χ0) is 30.7. The number of esters is 1. The summed E-state index contributed by atoms with van der Waals surface area (Å²) in [4.78, 5) is 33.7. The first-order valence-electron chi connectivity index (χ1n) is 13.5. The number of ether oxygens (including phenoxy) is 2. The van der Waals surface area contributed by atoms with Gasteiger partial charge >= 0.3 is 5.97 Å². The summed E-state index contributed by atoms with van der Waals surface area (Å²) >= 11 is 0.950. The summed E-state index contributed by atoms with van der Waals surface area (Å²) in [7, 11) is -3.90. The van der Waals surface area contributed by atoms with Gasteiger partial charge in [0.25, 0.3) is 10.0 Å².